The van der Waals surface area contributed by atoms with Crippen molar-refractivity contribution in [2.75, 3.05) is 11.9 Å². The zero-order valence-corrected chi connectivity index (χ0v) is 15.2. The van der Waals surface area contributed by atoms with E-state index in [-0.39, 0.29) is 34.3 Å². The Labute approximate surface area is 158 Å². The summed E-state index contributed by atoms with van der Waals surface area (Å²) < 4.78 is 67.5. The molecular weight excluding hydrogens is 409 g/mol. The van der Waals surface area contributed by atoms with Crippen molar-refractivity contribution in [3.05, 3.63) is 53.3 Å². The fourth-order valence-corrected chi connectivity index (χ4v) is 3.25. The first-order chi connectivity index (χ1) is 12.7. The quantitative estimate of drug-likeness (QED) is 0.683. The van der Waals surface area contributed by atoms with Crippen LogP contribution in [-0.2, 0) is 14.8 Å². The van der Waals surface area contributed by atoms with Crippen molar-refractivity contribution in [2.45, 2.75) is 17.9 Å². The van der Waals surface area contributed by atoms with Gasteiger partial charge in [-0.2, -0.15) is 8.78 Å². The van der Waals surface area contributed by atoms with E-state index in [1.165, 1.54) is 18.2 Å². The maximum absolute atomic E-state index is 12.8. The van der Waals surface area contributed by atoms with Crippen LogP contribution in [0.2, 0.25) is 5.02 Å². The monoisotopic (exact) mass is 422 g/mol. The van der Waals surface area contributed by atoms with Crippen molar-refractivity contribution in [2.24, 2.45) is 0 Å². The summed E-state index contributed by atoms with van der Waals surface area (Å²) in [4.78, 5) is 11.7. The molecule has 146 valence electrons. The van der Waals surface area contributed by atoms with Crippen LogP contribution < -0.4 is 14.8 Å². The van der Waals surface area contributed by atoms with Crippen LogP contribution in [0.1, 0.15) is 6.42 Å². The van der Waals surface area contributed by atoms with E-state index in [0.717, 1.165) is 24.3 Å². The highest BCUT2D eigenvalue weighted by Gasteiger charge is 2.15. The number of anilines is 1. The van der Waals surface area contributed by atoms with E-state index in [0.29, 0.717) is 0 Å². The lowest BCUT2D eigenvalue weighted by atomic mass is 10.3. The normalized spacial score (nSPS) is 11.4. The molecule has 0 aliphatic rings. The Balaban J connectivity index is 1.87. The number of sulfonamides is 1. The van der Waals surface area contributed by atoms with Gasteiger partial charge in [0.05, 0.1) is 9.92 Å². The largest absolute Gasteiger partial charge is 0.433 e. The van der Waals surface area contributed by atoms with Crippen LogP contribution in [0.25, 0.3) is 0 Å². The van der Waals surface area contributed by atoms with Crippen LogP contribution >= 0.6 is 11.6 Å². The summed E-state index contributed by atoms with van der Waals surface area (Å²) in [5.74, 6) is -1.34. The minimum absolute atomic E-state index is 0.120. The molecule has 2 aromatic carbocycles. The molecule has 0 spiro atoms. The number of hydrogen-bond donors (Lipinski definition) is 2. The smallest absolute Gasteiger partial charge is 0.387 e. The number of benzene rings is 2. The number of carbonyl (C=O) groups is 1. The van der Waals surface area contributed by atoms with Gasteiger partial charge in [-0.1, -0.05) is 11.6 Å². The molecule has 0 heterocycles. The molecule has 0 unspecified atom stereocenters. The zero-order valence-electron chi connectivity index (χ0n) is 13.6. The van der Waals surface area contributed by atoms with E-state index in [1.54, 1.807) is 0 Å². The van der Waals surface area contributed by atoms with Crippen LogP contribution in [0.4, 0.5) is 18.9 Å². The standard InChI is InChI=1S/C16H14ClF3N2O4S/c17-13-9-11(3-6-14(13)26-16(19)20)22-15(23)7-8-21-27(24,25)12-4-1-10(18)2-5-12/h1-6,9,16,21H,7-8H2,(H,22,23). The Kier molecular flexibility index (Phi) is 7.05. The van der Waals surface area contributed by atoms with Gasteiger partial charge in [-0.25, -0.2) is 17.5 Å². The molecule has 0 bridgehead atoms. The Bertz CT molecular complexity index is 908. The Morgan fingerprint density at radius 3 is 2.41 bits per heavy atom. The number of alkyl halides is 2. The molecule has 0 saturated carbocycles. The molecule has 2 rings (SSSR count). The van der Waals surface area contributed by atoms with Crippen LogP contribution in [0.15, 0.2) is 47.4 Å². The highest BCUT2D eigenvalue weighted by atomic mass is 35.5. The molecule has 0 atom stereocenters. The summed E-state index contributed by atoms with van der Waals surface area (Å²) in [7, 11) is -3.87. The van der Waals surface area contributed by atoms with Gasteiger partial charge in [0, 0.05) is 18.7 Å². The van der Waals surface area contributed by atoms with Crippen molar-refractivity contribution in [3.8, 4) is 5.75 Å². The number of halogens is 4. The van der Waals surface area contributed by atoms with Gasteiger partial charge in [0.2, 0.25) is 15.9 Å². The van der Waals surface area contributed by atoms with Crippen molar-refractivity contribution in [1.29, 1.82) is 0 Å². The van der Waals surface area contributed by atoms with Gasteiger partial charge in [-0.15, -0.1) is 0 Å². The Morgan fingerprint density at radius 1 is 1.15 bits per heavy atom. The van der Waals surface area contributed by atoms with E-state index in [1.807, 2.05) is 0 Å². The fraction of sp³-hybridized carbons (Fsp3) is 0.188. The molecule has 27 heavy (non-hydrogen) atoms. The van der Waals surface area contributed by atoms with Gasteiger partial charge in [0.15, 0.2) is 0 Å². The fourth-order valence-electron chi connectivity index (χ4n) is 1.99. The highest BCUT2D eigenvalue weighted by Crippen LogP contribution is 2.28. The molecule has 0 aromatic heterocycles. The SMILES string of the molecule is O=C(CCNS(=O)(=O)c1ccc(F)cc1)Nc1ccc(OC(F)F)c(Cl)c1. The van der Waals surface area contributed by atoms with Crippen LogP contribution in [-0.4, -0.2) is 27.5 Å². The van der Waals surface area contributed by atoms with Gasteiger partial charge in [-0.3, -0.25) is 4.79 Å². The average molecular weight is 423 g/mol. The lowest BCUT2D eigenvalue weighted by Crippen LogP contribution is -2.27. The molecule has 0 aliphatic heterocycles. The second kappa shape index (κ2) is 9.07. The molecule has 6 nitrogen and oxygen atoms in total. The number of carbonyl (C=O) groups excluding carboxylic acids is 1. The first-order valence-corrected chi connectivity index (χ1v) is 9.33. The molecule has 11 heteroatoms. The second-order valence-electron chi connectivity index (χ2n) is 5.17. The molecule has 0 radical (unpaired) electrons. The first kappa shape index (κ1) is 21.0. The van der Waals surface area contributed by atoms with E-state index in [2.05, 4.69) is 14.8 Å². The Morgan fingerprint density at radius 2 is 1.81 bits per heavy atom. The molecule has 0 fully saturated rings. The van der Waals surface area contributed by atoms with Crippen molar-refractivity contribution < 1.29 is 31.1 Å². The number of rotatable bonds is 8. The topological polar surface area (TPSA) is 84.5 Å². The van der Waals surface area contributed by atoms with Gasteiger partial charge < -0.3 is 10.1 Å². The van der Waals surface area contributed by atoms with E-state index >= 15 is 0 Å². The second-order valence-corrected chi connectivity index (χ2v) is 7.35. The van der Waals surface area contributed by atoms with Crippen LogP contribution in [0.3, 0.4) is 0 Å². The summed E-state index contributed by atoms with van der Waals surface area (Å²) in [6.07, 6.45) is -0.201. The predicted octanol–water partition coefficient (Wildman–Crippen LogP) is 3.39. The van der Waals surface area contributed by atoms with Crippen molar-refractivity contribution >= 4 is 33.2 Å². The van der Waals surface area contributed by atoms with Gasteiger partial charge >= 0.3 is 6.61 Å². The average Bonchev–Trinajstić information content (AvgIpc) is 2.57. The molecule has 2 N–H and O–H groups in total. The van der Waals surface area contributed by atoms with Gasteiger partial charge in [0.1, 0.15) is 11.6 Å². The van der Waals surface area contributed by atoms with Crippen LogP contribution in [0.5, 0.6) is 5.75 Å². The highest BCUT2D eigenvalue weighted by molar-refractivity contribution is 7.89. The lowest BCUT2D eigenvalue weighted by Gasteiger charge is -2.10. The molecule has 0 aliphatic carbocycles. The minimum atomic E-state index is -3.87. The Hall–Kier alpha value is -2.30. The summed E-state index contributed by atoms with van der Waals surface area (Å²) in [5, 5.41) is 2.33. The number of amides is 1. The number of ether oxygens (including phenoxy) is 1. The third-order valence-electron chi connectivity index (χ3n) is 3.20. The van der Waals surface area contributed by atoms with Gasteiger partial charge in [-0.05, 0) is 42.5 Å². The first-order valence-electron chi connectivity index (χ1n) is 7.47. The lowest BCUT2D eigenvalue weighted by molar-refractivity contribution is -0.116. The summed E-state index contributed by atoms with van der Waals surface area (Å²) in [6.45, 7) is -3.23. The number of hydrogen-bond acceptors (Lipinski definition) is 4. The van der Waals surface area contributed by atoms with Crippen LogP contribution in [0, 0.1) is 5.82 Å². The maximum atomic E-state index is 12.8. The molecule has 0 saturated heterocycles. The third-order valence-corrected chi connectivity index (χ3v) is 4.97. The molecule has 2 aromatic rings. The van der Waals surface area contributed by atoms with Crippen molar-refractivity contribution in [1.82, 2.24) is 4.72 Å². The summed E-state index contributed by atoms with van der Waals surface area (Å²) >= 11 is 5.77. The summed E-state index contributed by atoms with van der Waals surface area (Å²) in [6, 6.07) is 7.91. The summed E-state index contributed by atoms with van der Waals surface area (Å²) in [5.41, 5.74) is 0.230. The number of nitrogens with one attached hydrogen (secondary N) is 2. The maximum Gasteiger partial charge on any atom is 0.387 e. The van der Waals surface area contributed by atoms with E-state index in [4.69, 9.17) is 11.6 Å². The van der Waals surface area contributed by atoms with Gasteiger partial charge in [0.25, 0.3) is 0 Å². The van der Waals surface area contributed by atoms with Crippen molar-refractivity contribution in [3.63, 3.8) is 0 Å². The van der Waals surface area contributed by atoms with E-state index in [9.17, 15) is 26.4 Å². The predicted molar refractivity (Wildman–Crippen MR) is 92.9 cm³/mol. The third kappa shape index (κ3) is 6.42. The minimum Gasteiger partial charge on any atom is -0.433 e. The molecular formula is C16H14ClF3N2O4S. The zero-order chi connectivity index (χ0) is 20.0. The van der Waals surface area contributed by atoms with E-state index < -0.39 is 28.4 Å². The molecule has 1 amide bonds.